The summed E-state index contributed by atoms with van der Waals surface area (Å²) < 4.78 is 1.85. The average Bonchev–Trinajstić information content (AvgIpc) is 3.19. The number of hydrogen-bond donors (Lipinski definition) is 2. The Labute approximate surface area is 214 Å². The second kappa shape index (κ2) is 9.94. The fraction of sp³-hybridized carbons (Fsp3) is 0.103. The lowest BCUT2D eigenvalue weighted by atomic mass is 10.2. The van der Waals surface area contributed by atoms with Crippen molar-refractivity contribution in [1.82, 2.24) is 4.57 Å². The molecule has 5 rings (SSSR count). The average molecular weight is 496 g/mol. The zero-order chi connectivity index (χ0) is 24.4. The van der Waals surface area contributed by atoms with Gasteiger partial charge in [0.05, 0.1) is 16.3 Å². The van der Waals surface area contributed by atoms with Gasteiger partial charge in [-0.2, -0.15) is 0 Å². The molecule has 174 valence electrons. The van der Waals surface area contributed by atoms with E-state index in [0.717, 1.165) is 38.1 Å². The molecular formula is C29H25N3OS2. The second-order valence-corrected chi connectivity index (χ2v) is 10.3. The first-order valence-electron chi connectivity index (χ1n) is 11.4. The van der Waals surface area contributed by atoms with Crippen molar-refractivity contribution < 1.29 is 4.79 Å². The highest BCUT2D eigenvalue weighted by Crippen LogP contribution is 2.32. The minimum atomic E-state index is -0.276. The first-order valence-corrected chi connectivity index (χ1v) is 12.7. The summed E-state index contributed by atoms with van der Waals surface area (Å²) in [4.78, 5) is 14.6. The molecule has 6 heteroatoms. The molecule has 0 saturated carbocycles. The smallest absolute Gasteiger partial charge is 0.244 e. The molecule has 0 aliphatic carbocycles. The Balaban J connectivity index is 1.33. The maximum atomic E-state index is 13.6. The van der Waals surface area contributed by atoms with Crippen molar-refractivity contribution in [2.24, 2.45) is 0 Å². The van der Waals surface area contributed by atoms with Gasteiger partial charge in [0.2, 0.25) is 5.91 Å². The van der Waals surface area contributed by atoms with Crippen molar-refractivity contribution in [3.8, 4) is 0 Å². The number of aryl methyl sites for hydroxylation is 1. The molecule has 1 atom stereocenters. The molecule has 0 aliphatic heterocycles. The van der Waals surface area contributed by atoms with Gasteiger partial charge in [-0.05, 0) is 68.5 Å². The van der Waals surface area contributed by atoms with Gasteiger partial charge >= 0.3 is 0 Å². The van der Waals surface area contributed by atoms with Gasteiger partial charge < -0.3 is 10.6 Å². The lowest BCUT2D eigenvalue weighted by Crippen LogP contribution is -2.21. The summed E-state index contributed by atoms with van der Waals surface area (Å²) in [6, 6.07) is 32.2. The van der Waals surface area contributed by atoms with Gasteiger partial charge in [0.25, 0.3) is 0 Å². The predicted molar refractivity (Wildman–Crippen MR) is 153 cm³/mol. The van der Waals surface area contributed by atoms with Crippen LogP contribution in [0.15, 0.2) is 102 Å². The topological polar surface area (TPSA) is 46.1 Å². The van der Waals surface area contributed by atoms with Crippen LogP contribution in [-0.2, 0) is 0 Å². The van der Waals surface area contributed by atoms with Gasteiger partial charge in [-0.3, -0.25) is 9.36 Å². The highest BCUT2D eigenvalue weighted by atomic mass is 32.2. The number of anilines is 2. The number of rotatable bonds is 5. The van der Waals surface area contributed by atoms with Crippen molar-refractivity contribution in [2.75, 3.05) is 10.6 Å². The fourth-order valence-corrected chi connectivity index (χ4v) is 5.38. The van der Waals surface area contributed by atoms with Crippen molar-refractivity contribution in [3.63, 3.8) is 0 Å². The summed E-state index contributed by atoms with van der Waals surface area (Å²) in [5, 5.41) is 8.87. The number of hydrogen-bond acceptors (Lipinski definition) is 3. The van der Waals surface area contributed by atoms with E-state index < -0.39 is 0 Å². The van der Waals surface area contributed by atoms with Gasteiger partial charge in [-0.1, -0.05) is 60.2 Å². The molecule has 0 fully saturated rings. The predicted octanol–water partition coefficient (Wildman–Crippen LogP) is 7.73. The Morgan fingerprint density at radius 2 is 1.40 bits per heavy atom. The summed E-state index contributed by atoms with van der Waals surface area (Å²) in [6.07, 6.45) is 0. The van der Waals surface area contributed by atoms with Crippen LogP contribution in [0.25, 0.3) is 21.8 Å². The SMILES string of the molecule is Cc1ccc(NC(=S)Nc2cccc(SC(C)C(=O)n3c4ccccc4c4ccccc43)c2)cc1. The highest BCUT2D eigenvalue weighted by molar-refractivity contribution is 8.00. The Morgan fingerprint density at radius 3 is 2.06 bits per heavy atom. The van der Waals surface area contributed by atoms with Crippen LogP contribution in [0.2, 0.25) is 0 Å². The number of thioether (sulfide) groups is 1. The molecule has 0 aliphatic rings. The highest BCUT2D eigenvalue weighted by Gasteiger charge is 2.21. The zero-order valence-electron chi connectivity index (χ0n) is 19.5. The van der Waals surface area contributed by atoms with Crippen LogP contribution in [0, 0.1) is 6.92 Å². The Bertz CT molecular complexity index is 1490. The third-order valence-corrected chi connectivity index (χ3v) is 7.15. The standard InChI is InChI=1S/C29H25N3OS2/c1-19-14-16-21(17-15-19)30-29(34)31-22-8-7-9-23(18-22)35-20(2)28(33)32-26-12-5-3-10-24(26)25-11-4-6-13-27(25)32/h3-18,20H,1-2H3,(H2,30,31,34). The van der Waals surface area contributed by atoms with E-state index in [-0.39, 0.29) is 11.2 Å². The maximum Gasteiger partial charge on any atom is 0.244 e. The Hall–Kier alpha value is -3.61. The molecule has 0 radical (unpaired) electrons. The van der Waals surface area contributed by atoms with E-state index in [0.29, 0.717) is 5.11 Å². The number of para-hydroxylation sites is 2. The maximum absolute atomic E-state index is 13.6. The summed E-state index contributed by atoms with van der Waals surface area (Å²) in [5.74, 6) is 0.0577. The van der Waals surface area contributed by atoms with E-state index in [1.807, 2.05) is 96.4 Å². The zero-order valence-corrected chi connectivity index (χ0v) is 21.1. The van der Waals surface area contributed by atoms with Crippen LogP contribution >= 0.6 is 24.0 Å². The third-order valence-electron chi connectivity index (χ3n) is 5.86. The Kier molecular flexibility index (Phi) is 6.57. The molecule has 0 saturated heterocycles. The first kappa shape index (κ1) is 23.1. The number of benzene rings is 4. The van der Waals surface area contributed by atoms with E-state index >= 15 is 0 Å². The number of nitrogens with one attached hydrogen (secondary N) is 2. The van der Waals surface area contributed by atoms with Crippen LogP contribution in [0.4, 0.5) is 11.4 Å². The molecule has 0 spiro atoms. The molecule has 4 aromatic carbocycles. The van der Waals surface area contributed by atoms with E-state index in [2.05, 4.69) is 29.7 Å². The molecule has 0 bridgehead atoms. The van der Waals surface area contributed by atoms with Gasteiger partial charge in [0.15, 0.2) is 5.11 Å². The quantitative estimate of drug-likeness (QED) is 0.193. The number of thiocarbonyl (C=S) groups is 1. The summed E-state index contributed by atoms with van der Waals surface area (Å²) in [5.41, 5.74) is 4.88. The van der Waals surface area contributed by atoms with Crippen LogP contribution < -0.4 is 10.6 Å². The van der Waals surface area contributed by atoms with Crippen LogP contribution in [-0.4, -0.2) is 20.8 Å². The summed E-state index contributed by atoms with van der Waals surface area (Å²) >= 11 is 7.02. The number of carbonyl (C=O) groups excluding carboxylic acids is 1. The second-order valence-electron chi connectivity index (χ2n) is 8.44. The van der Waals surface area contributed by atoms with E-state index in [1.165, 1.54) is 17.3 Å². The molecule has 4 nitrogen and oxygen atoms in total. The lowest BCUT2D eigenvalue weighted by molar-refractivity contribution is 0.0925. The normalized spacial score (nSPS) is 11.9. The molecular weight excluding hydrogens is 470 g/mol. The lowest BCUT2D eigenvalue weighted by Gasteiger charge is -2.15. The minimum Gasteiger partial charge on any atom is -0.332 e. The van der Waals surface area contributed by atoms with Gasteiger partial charge in [0.1, 0.15) is 0 Å². The van der Waals surface area contributed by atoms with E-state index in [4.69, 9.17) is 12.2 Å². The minimum absolute atomic E-state index is 0.0577. The van der Waals surface area contributed by atoms with Crippen molar-refractivity contribution >= 4 is 68.2 Å². The number of aromatic nitrogens is 1. The number of fused-ring (bicyclic) bond motifs is 3. The summed E-state index contributed by atoms with van der Waals surface area (Å²) in [7, 11) is 0. The fourth-order valence-electron chi connectivity index (χ4n) is 4.17. The summed E-state index contributed by atoms with van der Waals surface area (Å²) in [6.45, 7) is 4.01. The van der Waals surface area contributed by atoms with Crippen molar-refractivity contribution in [1.29, 1.82) is 0 Å². The van der Waals surface area contributed by atoms with E-state index in [1.54, 1.807) is 0 Å². The van der Waals surface area contributed by atoms with Gasteiger partial charge in [-0.25, -0.2) is 0 Å². The molecule has 5 aromatic rings. The molecule has 1 unspecified atom stereocenters. The first-order chi connectivity index (χ1) is 17.0. The van der Waals surface area contributed by atoms with Crippen LogP contribution in [0.3, 0.4) is 0 Å². The van der Waals surface area contributed by atoms with Crippen LogP contribution in [0.5, 0.6) is 0 Å². The van der Waals surface area contributed by atoms with Crippen molar-refractivity contribution in [3.05, 3.63) is 103 Å². The molecule has 1 heterocycles. The van der Waals surface area contributed by atoms with Crippen molar-refractivity contribution in [2.45, 2.75) is 24.0 Å². The largest absolute Gasteiger partial charge is 0.332 e. The molecule has 35 heavy (non-hydrogen) atoms. The molecule has 2 N–H and O–H groups in total. The van der Waals surface area contributed by atoms with Crippen LogP contribution in [0.1, 0.15) is 17.3 Å². The number of carbonyl (C=O) groups is 1. The Morgan fingerprint density at radius 1 is 0.800 bits per heavy atom. The van der Waals surface area contributed by atoms with Gasteiger partial charge in [0, 0.05) is 27.0 Å². The molecule has 1 aromatic heterocycles. The monoisotopic (exact) mass is 495 g/mol. The third kappa shape index (κ3) is 4.94. The van der Waals surface area contributed by atoms with Gasteiger partial charge in [-0.15, -0.1) is 11.8 Å². The molecule has 0 amide bonds. The van der Waals surface area contributed by atoms with E-state index in [9.17, 15) is 4.79 Å². The number of nitrogens with zero attached hydrogens (tertiary/aromatic N) is 1.